The third kappa shape index (κ3) is 4.20. The van der Waals surface area contributed by atoms with Crippen LogP contribution in [0.2, 0.25) is 0 Å². The third-order valence-corrected chi connectivity index (χ3v) is 6.68. The van der Waals surface area contributed by atoms with Crippen LogP contribution in [-0.4, -0.2) is 39.3 Å². The Labute approximate surface area is 177 Å². The van der Waals surface area contributed by atoms with Gasteiger partial charge in [-0.15, -0.1) is 0 Å². The maximum Gasteiger partial charge on any atom is 0.339 e. The lowest BCUT2D eigenvalue weighted by molar-refractivity contribution is -0.125. The van der Waals surface area contributed by atoms with Gasteiger partial charge >= 0.3 is 5.97 Å². The molecule has 2 fully saturated rings. The van der Waals surface area contributed by atoms with Crippen molar-refractivity contribution in [3.63, 3.8) is 0 Å². The number of carbonyl (C=O) groups excluding carboxylic acids is 2. The average molecular weight is 413 g/mol. The van der Waals surface area contributed by atoms with E-state index < -0.39 is 5.97 Å². The summed E-state index contributed by atoms with van der Waals surface area (Å²) in [4.78, 5) is 30.1. The van der Waals surface area contributed by atoms with Gasteiger partial charge in [0.2, 0.25) is 0 Å². The van der Waals surface area contributed by atoms with Crippen LogP contribution in [0.15, 0.2) is 12.3 Å². The minimum Gasteiger partial charge on any atom is -0.452 e. The molecule has 4 rings (SSSR count). The number of hydrogen-bond acceptors (Lipinski definition) is 5. The normalized spacial score (nSPS) is 24.2. The topological polar surface area (TPSA) is 86.1 Å². The summed E-state index contributed by atoms with van der Waals surface area (Å²) in [7, 11) is 0. The largest absolute Gasteiger partial charge is 0.452 e. The molecular weight excluding hydrogens is 380 g/mol. The van der Waals surface area contributed by atoms with Gasteiger partial charge in [-0.05, 0) is 51.0 Å². The molecule has 162 valence electrons. The van der Waals surface area contributed by atoms with E-state index in [9.17, 15) is 9.59 Å². The molecule has 7 nitrogen and oxygen atoms in total. The Morgan fingerprint density at radius 3 is 2.70 bits per heavy atom. The van der Waals surface area contributed by atoms with Gasteiger partial charge in [0.25, 0.3) is 5.91 Å². The van der Waals surface area contributed by atoms with Crippen LogP contribution in [0.1, 0.15) is 87.8 Å². The molecule has 0 bridgehead atoms. The Hall–Kier alpha value is -2.44. The molecule has 1 amide bonds. The summed E-state index contributed by atoms with van der Waals surface area (Å²) in [5.41, 5.74) is 2.06. The van der Waals surface area contributed by atoms with Crippen LogP contribution in [0.3, 0.4) is 0 Å². The van der Waals surface area contributed by atoms with E-state index in [0.29, 0.717) is 34.4 Å². The molecule has 3 atom stereocenters. The molecule has 3 unspecified atom stereocenters. The van der Waals surface area contributed by atoms with E-state index in [1.54, 1.807) is 6.20 Å². The standard InChI is InChI=1S/C23H32N4O3/c1-13(2)27-22-18(11-24-27)17(10-20(26-22)16-8-9-16)23(29)30-12-21(28)25-19-7-5-6-14(3)15(19)4/h10-11,13-16,19H,5-9,12H2,1-4H3,(H,25,28). The van der Waals surface area contributed by atoms with Crippen molar-refractivity contribution in [3.8, 4) is 0 Å². The van der Waals surface area contributed by atoms with E-state index in [4.69, 9.17) is 9.72 Å². The Kier molecular flexibility index (Phi) is 5.80. The Morgan fingerprint density at radius 1 is 1.23 bits per heavy atom. The van der Waals surface area contributed by atoms with Crippen molar-refractivity contribution in [1.82, 2.24) is 20.1 Å². The first kappa shape index (κ1) is 20.8. The fraction of sp³-hybridized carbons (Fsp3) is 0.652. The fourth-order valence-corrected chi connectivity index (χ4v) is 4.42. The summed E-state index contributed by atoms with van der Waals surface area (Å²) < 4.78 is 7.24. The zero-order valence-corrected chi connectivity index (χ0v) is 18.4. The lowest BCUT2D eigenvalue weighted by atomic mass is 9.78. The van der Waals surface area contributed by atoms with Gasteiger partial charge in [0, 0.05) is 23.7 Å². The molecule has 0 radical (unpaired) electrons. The summed E-state index contributed by atoms with van der Waals surface area (Å²) in [5, 5.41) is 8.14. The second-order valence-corrected chi connectivity index (χ2v) is 9.31. The predicted molar refractivity (Wildman–Crippen MR) is 114 cm³/mol. The number of nitrogens with zero attached hydrogens (tertiary/aromatic N) is 3. The minimum atomic E-state index is -0.493. The second-order valence-electron chi connectivity index (χ2n) is 9.31. The maximum atomic E-state index is 12.9. The number of carbonyl (C=O) groups is 2. The SMILES string of the molecule is CC1CCCC(NC(=O)COC(=O)c2cc(C3CC3)nc3c2cnn3C(C)C)C1C. The van der Waals surface area contributed by atoms with Crippen molar-refractivity contribution in [2.45, 2.75) is 77.8 Å². The quantitative estimate of drug-likeness (QED) is 0.725. The highest BCUT2D eigenvalue weighted by molar-refractivity contribution is 6.03. The van der Waals surface area contributed by atoms with Crippen LogP contribution < -0.4 is 5.32 Å². The van der Waals surface area contributed by atoms with Gasteiger partial charge < -0.3 is 10.1 Å². The maximum absolute atomic E-state index is 12.9. The van der Waals surface area contributed by atoms with Crippen molar-refractivity contribution in [2.24, 2.45) is 11.8 Å². The molecule has 7 heteroatoms. The van der Waals surface area contributed by atoms with Crippen molar-refractivity contribution in [3.05, 3.63) is 23.5 Å². The Balaban J connectivity index is 1.47. The lowest BCUT2D eigenvalue weighted by Gasteiger charge is -2.34. The number of amides is 1. The molecule has 2 aromatic rings. The third-order valence-electron chi connectivity index (χ3n) is 6.68. The van der Waals surface area contributed by atoms with Crippen LogP contribution in [0, 0.1) is 11.8 Å². The monoisotopic (exact) mass is 412 g/mol. The highest BCUT2D eigenvalue weighted by Gasteiger charge is 2.30. The molecular formula is C23H32N4O3. The Bertz CT molecular complexity index is 947. The smallest absolute Gasteiger partial charge is 0.339 e. The van der Waals surface area contributed by atoms with E-state index in [1.807, 2.05) is 24.6 Å². The van der Waals surface area contributed by atoms with E-state index in [2.05, 4.69) is 24.3 Å². The van der Waals surface area contributed by atoms with Gasteiger partial charge in [-0.1, -0.05) is 26.7 Å². The van der Waals surface area contributed by atoms with Gasteiger partial charge in [-0.25, -0.2) is 14.5 Å². The summed E-state index contributed by atoms with van der Waals surface area (Å²) in [5.74, 6) is 0.693. The van der Waals surface area contributed by atoms with E-state index in [-0.39, 0.29) is 24.6 Å². The molecule has 0 aromatic carbocycles. The molecule has 0 saturated heterocycles. The highest BCUT2D eigenvalue weighted by Crippen LogP contribution is 2.40. The molecule has 2 saturated carbocycles. The minimum absolute atomic E-state index is 0.138. The average Bonchev–Trinajstić information content (AvgIpc) is 3.47. The van der Waals surface area contributed by atoms with Crippen LogP contribution in [0.5, 0.6) is 0 Å². The molecule has 2 aliphatic carbocycles. The van der Waals surface area contributed by atoms with Crippen molar-refractivity contribution >= 4 is 22.9 Å². The first-order valence-corrected chi connectivity index (χ1v) is 11.2. The number of pyridine rings is 1. The lowest BCUT2D eigenvalue weighted by Crippen LogP contribution is -2.45. The molecule has 30 heavy (non-hydrogen) atoms. The van der Waals surface area contributed by atoms with E-state index in [0.717, 1.165) is 31.4 Å². The van der Waals surface area contributed by atoms with Gasteiger partial charge in [0.15, 0.2) is 12.3 Å². The van der Waals surface area contributed by atoms with Crippen LogP contribution in [-0.2, 0) is 9.53 Å². The van der Waals surface area contributed by atoms with Crippen molar-refractivity contribution in [2.75, 3.05) is 6.61 Å². The molecule has 2 aromatic heterocycles. The summed E-state index contributed by atoms with van der Waals surface area (Å²) in [6.45, 7) is 8.21. The number of hydrogen-bond donors (Lipinski definition) is 1. The Morgan fingerprint density at radius 2 is 2.00 bits per heavy atom. The van der Waals surface area contributed by atoms with Gasteiger partial charge in [-0.2, -0.15) is 5.10 Å². The fourth-order valence-electron chi connectivity index (χ4n) is 4.42. The number of esters is 1. The van der Waals surface area contributed by atoms with Crippen LogP contribution in [0.4, 0.5) is 0 Å². The number of nitrogens with one attached hydrogen (secondary N) is 1. The van der Waals surface area contributed by atoms with Crippen LogP contribution in [0.25, 0.3) is 11.0 Å². The zero-order chi connectivity index (χ0) is 21.4. The predicted octanol–water partition coefficient (Wildman–Crippen LogP) is 3.99. The van der Waals surface area contributed by atoms with Gasteiger partial charge in [-0.3, -0.25) is 4.79 Å². The van der Waals surface area contributed by atoms with E-state index >= 15 is 0 Å². The van der Waals surface area contributed by atoms with Gasteiger partial charge in [0.05, 0.1) is 17.1 Å². The van der Waals surface area contributed by atoms with Crippen molar-refractivity contribution in [1.29, 1.82) is 0 Å². The second kappa shape index (κ2) is 8.36. The van der Waals surface area contributed by atoms with Gasteiger partial charge in [0.1, 0.15) is 0 Å². The zero-order valence-electron chi connectivity index (χ0n) is 18.4. The summed E-state index contributed by atoms with van der Waals surface area (Å²) in [6, 6.07) is 2.11. The van der Waals surface area contributed by atoms with Crippen LogP contribution >= 0.6 is 0 Å². The number of ether oxygens (including phenoxy) is 1. The molecule has 0 spiro atoms. The number of rotatable bonds is 6. The molecule has 2 aliphatic rings. The molecule has 2 heterocycles. The summed E-state index contributed by atoms with van der Waals surface area (Å²) >= 11 is 0. The number of fused-ring (bicyclic) bond motifs is 1. The first-order chi connectivity index (χ1) is 14.3. The van der Waals surface area contributed by atoms with E-state index in [1.165, 1.54) is 6.42 Å². The van der Waals surface area contributed by atoms with Crippen molar-refractivity contribution < 1.29 is 14.3 Å². The first-order valence-electron chi connectivity index (χ1n) is 11.2. The number of aromatic nitrogens is 3. The molecule has 1 N–H and O–H groups in total. The highest BCUT2D eigenvalue weighted by atomic mass is 16.5. The molecule has 0 aliphatic heterocycles. The summed E-state index contributed by atoms with van der Waals surface area (Å²) in [6.07, 6.45) is 7.14.